The number of carbonyl (C=O) groups is 1. The Bertz CT molecular complexity index is 398. The summed E-state index contributed by atoms with van der Waals surface area (Å²) >= 11 is 3.14. The number of halogens is 2. The summed E-state index contributed by atoms with van der Waals surface area (Å²) in [5.41, 5.74) is 0.0388. The van der Waals surface area contributed by atoms with E-state index in [2.05, 4.69) is 21.2 Å². The third-order valence-electron chi connectivity index (χ3n) is 2.18. The fourth-order valence-corrected chi connectivity index (χ4v) is 1.68. The van der Waals surface area contributed by atoms with E-state index >= 15 is 0 Å². The molecule has 0 fully saturated rings. The molecule has 0 aliphatic heterocycles. The summed E-state index contributed by atoms with van der Waals surface area (Å²) < 4.78 is 19.3. The number of hydrogen-bond donors (Lipinski definition) is 1. The van der Waals surface area contributed by atoms with Crippen LogP contribution in [-0.4, -0.2) is 25.2 Å². The van der Waals surface area contributed by atoms with E-state index in [1.54, 1.807) is 6.07 Å². The molecule has 1 aromatic carbocycles. The van der Waals surface area contributed by atoms with Crippen LogP contribution in [-0.2, 0) is 4.74 Å². The number of benzene rings is 1. The van der Waals surface area contributed by atoms with E-state index in [4.69, 9.17) is 4.74 Å². The van der Waals surface area contributed by atoms with Crippen LogP contribution in [0.1, 0.15) is 24.2 Å². The lowest BCUT2D eigenvalue weighted by atomic mass is 10.2. The van der Waals surface area contributed by atoms with Gasteiger partial charge in [0, 0.05) is 17.6 Å². The highest BCUT2D eigenvalue weighted by molar-refractivity contribution is 9.10. The van der Waals surface area contributed by atoms with E-state index in [0.717, 1.165) is 0 Å². The van der Waals surface area contributed by atoms with Gasteiger partial charge < -0.3 is 10.1 Å². The zero-order valence-electron chi connectivity index (χ0n) is 9.80. The highest BCUT2D eigenvalue weighted by Crippen LogP contribution is 2.15. The van der Waals surface area contributed by atoms with Gasteiger partial charge in [0.1, 0.15) is 5.82 Å². The van der Waals surface area contributed by atoms with Crippen LogP contribution in [0.5, 0.6) is 0 Å². The maximum Gasteiger partial charge on any atom is 0.254 e. The van der Waals surface area contributed by atoms with Gasteiger partial charge >= 0.3 is 0 Å². The summed E-state index contributed by atoms with van der Waals surface area (Å²) in [6.45, 7) is 4.68. The lowest BCUT2D eigenvalue weighted by molar-refractivity contribution is 0.0693. The second kappa shape index (κ2) is 6.71. The van der Waals surface area contributed by atoms with E-state index in [-0.39, 0.29) is 11.7 Å². The molecule has 0 aliphatic carbocycles. The van der Waals surface area contributed by atoms with Gasteiger partial charge in [0.2, 0.25) is 0 Å². The molecule has 1 rings (SSSR count). The van der Waals surface area contributed by atoms with E-state index in [1.165, 1.54) is 12.1 Å². The molecule has 0 saturated heterocycles. The van der Waals surface area contributed by atoms with E-state index in [0.29, 0.717) is 17.6 Å². The normalized spacial score (nSPS) is 12.2. The zero-order valence-corrected chi connectivity index (χ0v) is 11.4. The third kappa shape index (κ3) is 4.44. The van der Waals surface area contributed by atoms with Crippen LogP contribution in [0.3, 0.4) is 0 Å². The van der Waals surface area contributed by atoms with Crippen molar-refractivity contribution in [3.8, 4) is 0 Å². The lowest BCUT2D eigenvalue weighted by Gasteiger charge is -2.12. The Kier molecular flexibility index (Phi) is 5.58. The van der Waals surface area contributed by atoms with Crippen LogP contribution in [0.15, 0.2) is 22.7 Å². The molecule has 17 heavy (non-hydrogen) atoms. The molecule has 94 valence electrons. The van der Waals surface area contributed by atoms with Crippen molar-refractivity contribution in [3.63, 3.8) is 0 Å². The molecular formula is C12H15BrFNO2. The predicted molar refractivity (Wildman–Crippen MR) is 67.5 cm³/mol. The first-order valence-corrected chi connectivity index (χ1v) is 6.18. The van der Waals surface area contributed by atoms with E-state index in [9.17, 15) is 9.18 Å². The minimum Gasteiger partial charge on any atom is -0.377 e. The molecule has 0 aromatic heterocycles. The Morgan fingerprint density at radius 3 is 2.88 bits per heavy atom. The van der Waals surface area contributed by atoms with E-state index < -0.39 is 11.7 Å². The van der Waals surface area contributed by atoms with E-state index in [1.807, 2.05) is 13.8 Å². The second-order valence-corrected chi connectivity index (χ2v) is 4.52. The molecule has 1 N–H and O–H groups in total. The molecule has 1 unspecified atom stereocenters. The van der Waals surface area contributed by atoms with Crippen LogP contribution >= 0.6 is 15.9 Å². The Hall–Kier alpha value is -0.940. The number of rotatable bonds is 5. The van der Waals surface area contributed by atoms with Gasteiger partial charge in [-0.15, -0.1) is 0 Å². The van der Waals surface area contributed by atoms with Gasteiger partial charge in [-0.1, -0.05) is 15.9 Å². The molecule has 0 spiro atoms. The van der Waals surface area contributed by atoms with Crippen molar-refractivity contribution in [1.82, 2.24) is 5.32 Å². The first kappa shape index (κ1) is 14.1. The quantitative estimate of drug-likeness (QED) is 0.908. The number of nitrogens with one attached hydrogen (secondary N) is 1. The van der Waals surface area contributed by atoms with Crippen molar-refractivity contribution in [2.45, 2.75) is 20.0 Å². The van der Waals surface area contributed by atoms with Gasteiger partial charge in [-0.3, -0.25) is 4.79 Å². The molecule has 1 atom stereocenters. The molecule has 0 bridgehead atoms. The average Bonchev–Trinajstić information content (AvgIpc) is 2.26. The summed E-state index contributed by atoms with van der Waals surface area (Å²) in [6.07, 6.45) is -0.0811. The minimum absolute atomic E-state index is 0.0388. The van der Waals surface area contributed by atoms with Gasteiger partial charge in [-0.05, 0) is 32.0 Å². The van der Waals surface area contributed by atoms with Gasteiger partial charge in [0.15, 0.2) is 0 Å². The first-order valence-electron chi connectivity index (χ1n) is 5.39. The average molecular weight is 304 g/mol. The summed E-state index contributed by atoms with van der Waals surface area (Å²) in [6, 6.07) is 4.34. The number of amides is 1. The summed E-state index contributed by atoms with van der Waals surface area (Å²) in [7, 11) is 0. The van der Waals surface area contributed by atoms with Gasteiger partial charge in [-0.25, -0.2) is 4.39 Å². The molecule has 5 heteroatoms. The fourth-order valence-electron chi connectivity index (χ4n) is 1.35. The third-order valence-corrected chi connectivity index (χ3v) is 2.67. The van der Waals surface area contributed by atoms with Crippen molar-refractivity contribution in [3.05, 3.63) is 34.1 Å². The minimum atomic E-state index is -0.541. The zero-order chi connectivity index (χ0) is 12.8. The number of ether oxygens (including phenoxy) is 1. The summed E-state index contributed by atoms with van der Waals surface area (Å²) in [5.74, 6) is -0.970. The molecule has 1 aromatic rings. The number of carbonyl (C=O) groups excluding carboxylic acids is 1. The Morgan fingerprint density at radius 1 is 1.59 bits per heavy atom. The smallest absolute Gasteiger partial charge is 0.254 e. The molecule has 0 saturated carbocycles. The Morgan fingerprint density at radius 2 is 2.29 bits per heavy atom. The van der Waals surface area contributed by atoms with Crippen LogP contribution in [0.4, 0.5) is 4.39 Å². The number of hydrogen-bond acceptors (Lipinski definition) is 2. The summed E-state index contributed by atoms with van der Waals surface area (Å²) in [5, 5.41) is 2.62. The van der Waals surface area contributed by atoms with Gasteiger partial charge in [-0.2, -0.15) is 0 Å². The Balaban J connectivity index is 2.58. The van der Waals surface area contributed by atoms with Crippen LogP contribution < -0.4 is 5.32 Å². The van der Waals surface area contributed by atoms with Gasteiger partial charge in [0.25, 0.3) is 5.91 Å². The van der Waals surface area contributed by atoms with Crippen molar-refractivity contribution in [2.75, 3.05) is 13.2 Å². The Labute approximate surface area is 108 Å². The molecular weight excluding hydrogens is 289 g/mol. The van der Waals surface area contributed by atoms with Gasteiger partial charge in [0.05, 0.1) is 11.7 Å². The monoisotopic (exact) mass is 303 g/mol. The van der Waals surface area contributed by atoms with Crippen molar-refractivity contribution >= 4 is 21.8 Å². The molecule has 1 amide bonds. The second-order valence-electron chi connectivity index (χ2n) is 3.60. The maximum atomic E-state index is 13.5. The predicted octanol–water partition coefficient (Wildman–Crippen LogP) is 2.74. The molecule has 0 heterocycles. The maximum absolute atomic E-state index is 13.5. The fraction of sp³-hybridized carbons (Fsp3) is 0.417. The molecule has 0 aliphatic rings. The van der Waals surface area contributed by atoms with Crippen molar-refractivity contribution in [1.29, 1.82) is 0 Å². The first-order chi connectivity index (χ1) is 8.04. The van der Waals surface area contributed by atoms with Crippen LogP contribution in [0.2, 0.25) is 0 Å². The largest absolute Gasteiger partial charge is 0.377 e. The molecule has 0 radical (unpaired) electrons. The molecule has 3 nitrogen and oxygen atoms in total. The standard InChI is InChI=1S/C12H15BrFNO2/c1-3-17-8(2)7-15-12(16)10-5-4-9(13)6-11(10)14/h4-6,8H,3,7H2,1-2H3,(H,15,16). The topological polar surface area (TPSA) is 38.3 Å². The van der Waals surface area contributed by atoms with Crippen LogP contribution in [0, 0.1) is 5.82 Å². The highest BCUT2D eigenvalue weighted by Gasteiger charge is 2.12. The SMILES string of the molecule is CCOC(C)CNC(=O)c1ccc(Br)cc1F. The highest BCUT2D eigenvalue weighted by atomic mass is 79.9. The van der Waals surface area contributed by atoms with Crippen molar-refractivity contribution in [2.24, 2.45) is 0 Å². The lowest BCUT2D eigenvalue weighted by Crippen LogP contribution is -2.32. The van der Waals surface area contributed by atoms with Crippen LogP contribution in [0.25, 0.3) is 0 Å². The summed E-state index contributed by atoms with van der Waals surface area (Å²) in [4.78, 5) is 11.7. The van der Waals surface area contributed by atoms with Crippen molar-refractivity contribution < 1.29 is 13.9 Å².